The number of hydrogen-bond donors (Lipinski definition) is 3. The van der Waals surface area contributed by atoms with Crippen molar-refractivity contribution in [3.63, 3.8) is 0 Å². The van der Waals surface area contributed by atoms with Gasteiger partial charge in [-0.05, 0) is 38.5 Å². The van der Waals surface area contributed by atoms with E-state index in [1.165, 1.54) is 38.5 Å². The first kappa shape index (κ1) is 27.1. The summed E-state index contributed by atoms with van der Waals surface area (Å²) in [7, 11) is 0. The number of nitrogens with zero attached hydrogens (tertiary/aromatic N) is 1. The first-order chi connectivity index (χ1) is 14.7. The fourth-order valence-electron chi connectivity index (χ4n) is 4.08. The molecule has 3 N–H and O–H groups in total. The highest BCUT2D eigenvalue weighted by Gasteiger charge is 2.20. The topological polar surface area (TPSA) is 64.6 Å². The molecule has 0 aromatic carbocycles. The molecule has 0 bridgehead atoms. The zero-order valence-electron chi connectivity index (χ0n) is 19.8. The smallest absolute Gasteiger partial charge is 0.221 e. The van der Waals surface area contributed by atoms with E-state index in [1.54, 1.807) is 0 Å². The van der Waals surface area contributed by atoms with Crippen molar-refractivity contribution in [3.05, 3.63) is 12.2 Å². The molecule has 1 unspecified atom stereocenters. The highest BCUT2D eigenvalue weighted by molar-refractivity contribution is 5.76. The average molecular weight is 424 g/mol. The van der Waals surface area contributed by atoms with Gasteiger partial charge >= 0.3 is 0 Å². The predicted molar refractivity (Wildman–Crippen MR) is 128 cm³/mol. The van der Waals surface area contributed by atoms with Crippen molar-refractivity contribution in [2.24, 2.45) is 0 Å². The van der Waals surface area contributed by atoms with Crippen molar-refractivity contribution < 1.29 is 9.90 Å². The summed E-state index contributed by atoms with van der Waals surface area (Å²) in [6.07, 6.45) is 19.6. The van der Waals surface area contributed by atoms with Gasteiger partial charge < -0.3 is 15.7 Å². The van der Waals surface area contributed by atoms with Crippen LogP contribution in [0.1, 0.15) is 104 Å². The summed E-state index contributed by atoms with van der Waals surface area (Å²) in [6, 6.07) is 0. The molecule has 0 aromatic rings. The number of allylic oxidation sites excluding steroid dienone is 1. The normalized spacial score (nSPS) is 17.3. The Labute approximate surface area is 186 Å². The molecular weight excluding hydrogens is 374 g/mol. The van der Waals surface area contributed by atoms with Crippen molar-refractivity contribution >= 4 is 5.91 Å². The van der Waals surface area contributed by atoms with Crippen molar-refractivity contribution in [1.29, 1.82) is 0 Å². The number of rotatable bonds is 18. The minimum absolute atomic E-state index is 0.164. The van der Waals surface area contributed by atoms with Crippen LogP contribution >= 0.6 is 0 Å². The molecule has 0 radical (unpaired) electrons. The Morgan fingerprint density at radius 1 is 1.00 bits per heavy atom. The van der Waals surface area contributed by atoms with Crippen LogP contribution in [0.3, 0.4) is 0 Å². The monoisotopic (exact) mass is 423 g/mol. The van der Waals surface area contributed by atoms with E-state index in [9.17, 15) is 9.90 Å². The van der Waals surface area contributed by atoms with Crippen molar-refractivity contribution in [1.82, 2.24) is 15.5 Å². The molecule has 1 aliphatic rings. The van der Waals surface area contributed by atoms with Gasteiger partial charge in [-0.2, -0.15) is 0 Å². The third kappa shape index (κ3) is 14.2. The summed E-state index contributed by atoms with van der Waals surface area (Å²) in [5, 5.41) is 16.5. The fraction of sp³-hybridized carbons (Fsp3) is 0.880. The molecule has 1 aliphatic heterocycles. The predicted octanol–water partition coefficient (Wildman–Crippen LogP) is 4.75. The van der Waals surface area contributed by atoms with Crippen molar-refractivity contribution in [3.8, 4) is 0 Å². The Morgan fingerprint density at radius 3 is 2.43 bits per heavy atom. The molecule has 0 spiro atoms. The fourth-order valence-corrected chi connectivity index (χ4v) is 4.08. The molecule has 0 aliphatic carbocycles. The Morgan fingerprint density at radius 2 is 1.70 bits per heavy atom. The molecule has 1 saturated heterocycles. The lowest BCUT2D eigenvalue weighted by molar-refractivity contribution is -0.123. The minimum atomic E-state index is -0.164. The van der Waals surface area contributed by atoms with Gasteiger partial charge in [0.1, 0.15) is 0 Å². The van der Waals surface area contributed by atoms with E-state index >= 15 is 0 Å². The number of piperazine rings is 1. The number of carbonyl (C=O) groups is 1. The number of carbonyl (C=O) groups excluding carboxylic acids is 1. The van der Waals surface area contributed by atoms with Crippen LogP contribution in [0, 0.1) is 0 Å². The lowest BCUT2D eigenvalue weighted by Crippen LogP contribution is -2.54. The van der Waals surface area contributed by atoms with Gasteiger partial charge in [-0.3, -0.25) is 9.69 Å². The molecule has 1 heterocycles. The molecule has 0 aromatic heterocycles. The second kappa shape index (κ2) is 18.8. The first-order valence-corrected chi connectivity index (χ1v) is 12.7. The largest absolute Gasteiger partial charge is 0.393 e. The minimum Gasteiger partial charge on any atom is -0.393 e. The summed E-state index contributed by atoms with van der Waals surface area (Å²) >= 11 is 0. The molecule has 2 atom stereocenters. The highest BCUT2D eigenvalue weighted by Crippen LogP contribution is 2.11. The second-order valence-electron chi connectivity index (χ2n) is 8.79. The number of amides is 1. The van der Waals surface area contributed by atoms with E-state index in [0.29, 0.717) is 6.42 Å². The van der Waals surface area contributed by atoms with E-state index in [2.05, 4.69) is 41.5 Å². The zero-order valence-corrected chi connectivity index (χ0v) is 19.8. The SMILES string of the molecule is CCCCCC[C@@H](O)CC=CCCCCCCCC(=O)NC(CC)N1CCNCC1. The molecule has 0 saturated carbocycles. The summed E-state index contributed by atoms with van der Waals surface area (Å²) in [4.78, 5) is 14.6. The van der Waals surface area contributed by atoms with Gasteiger partial charge in [-0.1, -0.05) is 70.9 Å². The second-order valence-corrected chi connectivity index (χ2v) is 8.79. The Balaban J connectivity index is 1.94. The molecule has 1 amide bonds. The third-order valence-corrected chi connectivity index (χ3v) is 6.05. The highest BCUT2D eigenvalue weighted by atomic mass is 16.3. The average Bonchev–Trinajstić information content (AvgIpc) is 2.77. The van der Waals surface area contributed by atoms with Crippen LogP contribution in [0.15, 0.2) is 12.2 Å². The van der Waals surface area contributed by atoms with Gasteiger partial charge in [0.15, 0.2) is 0 Å². The van der Waals surface area contributed by atoms with Gasteiger partial charge in [-0.15, -0.1) is 0 Å². The molecule has 1 rings (SSSR count). The van der Waals surface area contributed by atoms with Crippen LogP contribution in [0.5, 0.6) is 0 Å². The van der Waals surface area contributed by atoms with Crippen molar-refractivity contribution in [2.45, 2.75) is 116 Å². The van der Waals surface area contributed by atoms with Gasteiger partial charge in [0, 0.05) is 32.6 Å². The van der Waals surface area contributed by atoms with Crippen LogP contribution in [0.25, 0.3) is 0 Å². The van der Waals surface area contributed by atoms with E-state index in [-0.39, 0.29) is 18.2 Å². The lowest BCUT2D eigenvalue weighted by atomic mass is 10.1. The van der Waals surface area contributed by atoms with Crippen LogP contribution in [0.4, 0.5) is 0 Å². The maximum atomic E-state index is 12.2. The third-order valence-electron chi connectivity index (χ3n) is 6.05. The molecule has 1 fully saturated rings. The van der Waals surface area contributed by atoms with Crippen LogP contribution in [-0.4, -0.2) is 54.4 Å². The Hall–Kier alpha value is -0.910. The number of aliphatic hydroxyl groups excluding tert-OH is 1. The molecule has 5 nitrogen and oxygen atoms in total. The Bertz CT molecular complexity index is 436. The molecule has 5 heteroatoms. The Kier molecular flexibility index (Phi) is 17.0. The van der Waals surface area contributed by atoms with E-state index in [1.807, 2.05) is 0 Å². The zero-order chi connectivity index (χ0) is 21.9. The quantitative estimate of drug-likeness (QED) is 0.220. The van der Waals surface area contributed by atoms with Crippen LogP contribution in [-0.2, 0) is 4.79 Å². The maximum Gasteiger partial charge on any atom is 0.221 e. The van der Waals surface area contributed by atoms with Crippen LogP contribution < -0.4 is 10.6 Å². The molecular formula is C25H49N3O2. The number of aliphatic hydroxyl groups is 1. The molecule has 176 valence electrons. The number of hydrogen-bond acceptors (Lipinski definition) is 4. The summed E-state index contributed by atoms with van der Waals surface area (Å²) in [5.74, 6) is 0.205. The standard InChI is InChI=1S/C25H49N3O2/c1-3-5-6-13-16-23(29)17-14-11-9-7-8-10-12-15-18-25(30)27-24(4-2)28-21-19-26-20-22-28/h11,14,23-24,26,29H,3-10,12-13,15-22H2,1-2H3,(H,27,30)/t23-,24?/m1/s1. The number of nitrogens with one attached hydrogen (secondary N) is 2. The van der Waals surface area contributed by atoms with Crippen molar-refractivity contribution in [2.75, 3.05) is 26.2 Å². The van der Waals surface area contributed by atoms with E-state index in [0.717, 1.165) is 71.1 Å². The summed E-state index contributed by atoms with van der Waals surface area (Å²) in [6.45, 7) is 8.43. The van der Waals surface area contributed by atoms with Gasteiger partial charge in [0.05, 0.1) is 12.3 Å². The summed E-state index contributed by atoms with van der Waals surface area (Å²) < 4.78 is 0. The van der Waals surface area contributed by atoms with Gasteiger partial charge in [-0.25, -0.2) is 0 Å². The maximum absolute atomic E-state index is 12.2. The van der Waals surface area contributed by atoms with Gasteiger partial charge in [0.2, 0.25) is 5.91 Å². The lowest BCUT2D eigenvalue weighted by Gasteiger charge is -2.34. The van der Waals surface area contributed by atoms with E-state index < -0.39 is 0 Å². The first-order valence-electron chi connectivity index (χ1n) is 12.7. The summed E-state index contributed by atoms with van der Waals surface area (Å²) in [5.41, 5.74) is 0. The number of unbranched alkanes of at least 4 members (excludes halogenated alkanes) is 8. The van der Waals surface area contributed by atoms with Crippen LogP contribution in [0.2, 0.25) is 0 Å². The van der Waals surface area contributed by atoms with Gasteiger partial charge in [0.25, 0.3) is 0 Å². The van der Waals surface area contributed by atoms with E-state index in [4.69, 9.17) is 0 Å². The molecule has 30 heavy (non-hydrogen) atoms.